The van der Waals surface area contributed by atoms with Crippen LogP contribution in [0.4, 0.5) is 17.6 Å². The highest BCUT2D eigenvalue weighted by atomic mass is 19.4. The van der Waals surface area contributed by atoms with Gasteiger partial charge in [-0.2, -0.15) is 13.2 Å². The van der Waals surface area contributed by atoms with Gasteiger partial charge in [-0.05, 0) is 114 Å². The Kier molecular flexibility index (Phi) is 8.13. The van der Waals surface area contributed by atoms with Gasteiger partial charge in [-0.3, -0.25) is 4.39 Å². The van der Waals surface area contributed by atoms with Gasteiger partial charge in [-0.25, -0.2) is 4.79 Å². The molecular formula is C33H33F4NO2. The molecule has 210 valence electrons. The van der Waals surface area contributed by atoms with Crippen LogP contribution in [0.2, 0.25) is 0 Å². The molecule has 2 aliphatic rings. The standard InChI is InChI=1S/C33H33F4NO2/c1-21-14-27(18-28(15-21)33(35,36)37)29-5-2-4-25-17-26(32(39)40)10-11-30(25)31(29)24-8-6-22(7-9-24)16-23-19-38(20-23)13-3-12-34/h6-11,14-15,17-18,23H,2-5,12-13,16,19-20H2,1H3,(H,39,40). The summed E-state index contributed by atoms with van der Waals surface area (Å²) in [6.07, 6.45) is -1.05. The SMILES string of the molecule is Cc1cc(C2=C(c3ccc(CC4CN(CCCF)C4)cc3)c3ccc(C(=O)O)cc3CCC2)cc(C(F)(F)F)c1. The molecule has 1 heterocycles. The van der Waals surface area contributed by atoms with Crippen molar-refractivity contribution >= 4 is 17.1 Å². The third-order valence-corrected chi connectivity index (χ3v) is 7.96. The second-order valence-corrected chi connectivity index (χ2v) is 11.0. The van der Waals surface area contributed by atoms with Gasteiger partial charge < -0.3 is 10.0 Å². The predicted octanol–water partition coefficient (Wildman–Crippen LogP) is 7.84. The van der Waals surface area contributed by atoms with Gasteiger partial charge in [0.25, 0.3) is 0 Å². The van der Waals surface area contributed by atoms with Crippen molar-refractivity contribution in [1.29, 1.82) is 0 Å². The number of allylic oxidation sites excluding steroid dienone is 1. The number of likely N-dealkylation sites (tertiary alicyclic amines) is 1. The number of alkyl halides is 4. The van der Waals surface area contributed by atoms with E-state index in [1.54, 1.807) is 31.2 Å². The molecule has 0 atom stereocenters. The molecule has 0 saturated carbocycles. The number of carbonyl (C=O) groups is 1. The number of rotatable bonds is 8. The average Bonchev–Trinajstić information content (AvgIpc) is 3.08. The fourth-order valence-electron chi connectivity index (χ4n) is 6.07. The van der Waals surface area contributed by atoms with E-state index in [1.165, 1.54) is 17.7 Å². The second kappa shape index (κ2) is 11.6. The molecule has 0 aromatic heterocycles. The van der Waals surface area contributed by atoms with Crippen LogP contribution >= 0.6 is 0 Å². The first-order chi connectivity index (χ1) is 19.1. The zero-order chi connectivity index (χ0) is 28.4. The Bertz CT molecular complexity index is 1420. The first kappa shape index (κ1) is 28.1. The maximum atomic E-state index is 13.8. The molecule has 7 heteroatoms. The normalized spacial score (nSPS) is 16.4. The molecule has 3 aromatic rings. The van der Waals surface area contributed by atoms with Gasteiger partial charge in [0.15, 0.2) is 0 Å². The van der Waals surface area contributed by atoms with E-state index in [4.69, 9.17) is 0 Å². The fraction of sp³-hybridized carbons (Fsp3) is 0.364. The second-order valence-electron chi connectivity index (χ2n) is 11.0. The van der Waals surface area contributed by atoms with Gasteiger partial charge >= 0.3 is 12.1 Å². The number of halogens is 4. The van der Waals surface area contributed by atoms with Crippen LogP contribution < -0.4 is 0 Å². The Hall–Kier alpha value is -3.45. The van der Waals surface area contributed by atoms with Gasteiger partial charge in [-0.1, -0.05) is 36.4 Å². The van der Waals surface area contributed by atoms with Crippen molar-refractivity contribution in [3.63, 3.8) is 0 Å². The van der Waals surface area contributed by atoms with Crippen LogP contribution in [-0.4, -0.2) is 42.3 Å². The van der Waals surface area contributed by atoms with Crippen LogP contribution in [0, 0.1) is 12.8 Å². The number of carboxylic acids is 1. The molecular weight excluding hydrogens is 518 g/mol. The highest BCUT2D eigenvalue weighted by Gasteiger charge is 2.32. The number of carboxylic acid groups (broad SMARTS) is 1. The minimum absolute atomic E-state index is 0.202. The summed E-state index contributed by atoms with van der Waals surface area (Å²) in [5, 5.41) is 9.56. The summed E-state index contributed by atoms with van der Waals surface area (Å²) in [6.45, 7) is 4.11. The van der Waals surface area contributed by atoms with Crippen molar-refractivity contribution in [3.8, 4) is 0 Å². The molecule has 0 unspecified atom stereocenters. The Balaban J connectivity index is 1.55. The molecule has 3 aromatic carbocycles. The molecule has 1 aliphatic carbocycles. The topological polar surface area (TPSA) is 40.5 Å². The molecule has 0 radical (unpaired) electrons. The smallest absolute Gasteiger partial charge is 0.416 e. The number of nitrogens with zero attached hydrogens (tertiary/aromatic N) is 1. The van der Waals surface area contributed by atoms with E-state index < -0.39 is 17.7 Å². The Morgan fingerprint density at radius 1 is 0.975 bits per heavy atom. The number of aryl methyl sites for hydroxylation is 2. The van der Waals surface area contributed by atoms with Gasteiger partial charge in [0.1, 0.15) is 0 Å². The summed E-state index contributed by atoms with van der Waals surface area (Å²) in [4.78, 5) is 13.9. The first-order valence-corrected chi connectivity index (χ1v) is 13.8. The summed E-state index contributed by atoms with van der Waals surface area (Å²) in [5.74, 6) is -0.476. The third kappa shape index (κ3) is 6.15. The molecule has 0 spiro atoms. The lowest BCUT2D eigenvalue weighted by molar-refractivity contribution is -0.137. The van der Waals surface area contributed by atoms with Crippen LogP contribution in [0.25, 0.3) is 11.1 Å². The van der Waals surface area contributed by atoms with Gasteiger partial charge in [0.05, 0.1) is 17.8 Å². The number of benzene rings is 3. The predicted molar refractivity (Wildman–Crippen MR) is 149 cm³/mol. The lowest BCUT2D eigenvalue weighted by Gasteiger charge is -2.39. The van der Waals surface area contributed by atoms with Gasteiger partial charge in [-0.15, -0.1) is 0 Å². The van der Waals surface area contributed by atoms with Crippen molar-refractivity contribution < 1.29 is 27.5 Å². The molecule has 1 aliphatic heterocycles. The molecule has 1 saturated heterocycles. The summed E-state index contributed by atoms with van der Waals surface area (Å²) in [5.41, 5.74) is 6.15. The number of fused-ring (bicyclic) bond motifs is 1. The van der Waals surface area contributed by atoms with Crippen molar-refractivity contribution in [1.82, 2.24) is 4.90 Å². The first-order valence-electron chi connectivity index (χ1n) is 13.8. The highest BCUT2D eigenvalue weighted by Crippen LogP contribution is 2.42. The van der Waals surface area contributed by atoms with Crippen LogP contribution in [0.1, 0.15) is 68.6 Å². The molecule has 3 nitrogen and oxygen atoms in total. The third-order valence-electron chi connectivity index (χ3n) is 7.96. The number of hydrogen-bond donors (Lipinski definition) is 1. The largest absolute Gasteiger partial charge is 0.478 e. The molecule has 1 fully saturated rings. The van der Waals surface area contributed by atoms with Crippen LogP contribution in [0.15, 0.2) is 60.7 Å². The number of hydrogen-bond acceptors (Lipinski definition) is 2. The van der Waals surface area contributed by atoms with E-state index in [0.717, 1.165) is 53.9 Å². The maximum absolute atomic E-state index is 13.8. The Labute approximate surface area is 232 Å². The quantitative estimate of drug-likeness (QED) is 0.290. The van der Waals surface area contributed by atoms with E-state index in [2.05, 4.69) is 17.0 Å². The summed E-state index contributed by atoms with van der Waals surface area (Å²) in [6, 6.07) is 17.5. The lowest BCUT2D eigenvalue weighted by atomic mass is 9.85. The van der Waals surface area contributed by atoms with Crippen molar-refractivity contribution in [3.05, 3.63) is 105 Å². The summed E-state index contributed by atoms with van der Waals surface area (Å²) in [7, 11) is 0. The van der Waals surface area contributed by atoms with Gasteiger partial charge in [0.2, 0.25) is 0 Å². The molecule has 40 heavy (non-hydrogen) atoms. The maximum Gasteiger partial charge on any atom is 0.416 e. The highest BCUT2D eigenvalue weighted by molar-refractivity contribution is 6.00. The summed E-state index contributed by atoms with van der Waals surface area (Å²) < 4.78 is 53.7. The van der Waals surface area contributed by atoms with E-state index in [9.17, 15) is 27.5 Å². The average molecular weight is 552 g/mol. The monoisotopic (exact) mass is 551 g/mol. The van der Waals surface area contributed by atoms with E-state index in [-0.39, 0.29) is 12.2 Å². The minimum atomic E-state index is -4.45. The zero-order valence-corrected chi connectivity index (χ0v) is 22.5. The Morgan fingerprint density at radius 2 is 1.73 bits per heavy atom. The molecule has 5 rings (SSSR count). The van der Waals surface area contributed by atoms with Crippen molar-refractivity contribution in [2.24, 2.45) is 5.92 Å². The van der Waals surface area contributed by atoms with Crippen LogP contribution in [0.3, 0.4) is 0 Å². The zero-order valence-electron chi connectivity index (χ0n) is 22.5. The van der Waals surface area contributed by atoms with E-state index >= 15 is 0 Å². The van der Waals surface area contributed by atoms with E-state index in [1.807, 2.05) is 12.1 Å². The van der Waals surface area contributed by atoms with Crippen LogP contribution in [-0.2, 0) is 19.0 Å². The molecule has 0 bridgehead atoms. The fourth-order valence-corrected chi connectivity index (χ4v) is 6.07. The summed E-state index contributed by atoms with van der Waals surface area (Å²) >= 11 is 0. The van der Waals surface area contributed by atoms with Gasteiger partial charge in [0, 0.05) is 19.6 Å². The number of aromatic carboxylic acids is 1. The Morgan fingerprint density at radius 3 is 2.40 bits per heavy atom. The molecule has 0 amide bonds. The van der Waals surface area contributed by atoms with Crippen molar-refractivity contribution in [2.45, 2.75) is 45.2 Å². The van der Waals surface area contributed by atoms with E-state index in [0.29, 0.717) is 42.7 Å². The lowest BCUT2D eigenvalue weighted by Crippen LogP contribution is -2.47. The van der Waals surface area contributed by atoms with Crippen LogP contribution in [0.5, 0.6) is 0 Å². The minimum Gasteiger partial charge on any atom is -0.478 e. The molecule has 1 N–H and O–H groups in total. The van der Waals surface area contributed by atoms with Crippen molar-refractivity contribution in [2.75, 3.05) is 26.3 Å².